The number of aromatic nitrogens is 1. The number of Topliss-reactive ketones (excluding diaryl/α,β-unsaturated/α-hetero) is 1. The molecule has 1 atom stereocenters. The van der Waals surface area contributed by atoms with Gasteiger partial charge in [-0.2, -0.15) is 0 Å². The van der Waals surface area contributed by atoms with Gasteiger partial charge in [-0.1, -0.05) is 24.1 Å². The number of hydrogen-bond acceptors (Lipinski definition) is 5. The SMILES string of the molecule is CC(Cc1cnc(-c2ccc(O)cc2Cl)s1)C(=O)CC1=C(C(=O)O)CCCC1. The Morgan fingerprint density at radius 1 is 1.29 bits per heavy atom. The number of carboxylic acid groups (broad SMARTS) is 1. The number of hydrogen-bond donors (Lipinski definition) is 2. The lowest BCUT2D eigenvalue weighted by molar-refractivity contribution is -0.133. The van der Waals surface area contributed by atoms with Crippen LogP contribution in [0.15, 0.2) is 35.5 Å². The van der Waals surface area contributed by atoms with Gasteiger partial charge in [0.1, 0.15) is 16.5 Å². The van der Waals surface area contributed by atoms with Crippen molar-refractivity contribution in [2.45, 2.75) is 45.4 Å². The summed E-state index contributed by atoms with van der Waals surface area (Å²) >= 11 is 7.64. The minimum atomic E-state index is -0.895. The second kappa shape index (κ2) is 8.88. The van der Waals surface area contributed by atoms with Crippen LogP contribution in [0, 0.1) is 5.92 Å². The Labute approximate surface area is 172 Å². The van der Waals surface area contributed by atoms with Crippen molar-refractivity contribution in [1.82, 2.24) is 4.98 Å². The van der Waals surface area contributed by atoms with E-state index in [0.717, 1.165) is 33.9 Å². The van der Waals surface area contributed by atoms with Gasteiger partial charge in [0.15, 0.2) is 0 Å². The van der Waals surface area contributed by atoms with Gasteiger partial charge in [-0.15, -0.1) is 11.3 Å². The Hall–Kier alpha value is -2.18. The van der Waals surface area contributed by atoms with Crippen LogP contribution in [-0.2, 0) is 16.0 Å². The van der Waals surface area contributed by atoms with Gasteiger partial charge in [0.2, 0.25) is 0 Å². The Morgan fingerprint density at radius 3 is 2.75 bits per heavy atom. The van der Waals surface area contributed by atoms with Crippen molar-refractivity contribution < 1.29 is 19.8 Å². The van der Waals surface area contributed by atoms with Crippen LogP contribution in [0.4, 0.5) is 0 Å². The predicted octanol–water partition coefficient (Wildman–Crippen LogP) is 5.26. The zero-order chi connectivity index (χ0) is 20.3. The average Bonchev–Trinajstić information content (AvgIpc) is 3.10. The molecule has 0 fully saturated rings. The lowest BCUT2D eigenvalue weighted by Crippen LogP contribution is -2.17. The molecule has 0 saturated heterocycles. The third kappa shape index (κ3) is 4.80. The van der Waals surface area contributed by atoms with Crippen LogP contribution in [-0.4, -0.2) is 26.9 Å². The fourth-order valence-corrected chi connectivity index (χ4v) is 4.83. The van der Waals surface area contributed by atoms with Gasteiger partial charge in [0.25, 0.3) is 0 Å². The minimum absolute atomic E-state index is 0.0632. The van der Waals surface area contributed by atoms with Crippen molar-refractivity contribution in [2.24, 2.45) is 5.92 Å². The number of nitrogens with zero attached hydrogens (tertiary/aromatic N) is 1. The van der Waals surface area contributed by atoms with E-state index in [1.165, 1.54) is 17.4 Å². The summed E-state index contributed by atoms with van der Waals surface area (Å²) in [7, 11) is 0. The van der Waals surface area contributed by atoms with E-state index >= 15 is 0 Å². The molecule has 1 aliphatic carbocycles. The van der Waals surface area contributed by atoms with E-state index in [9.17, 15) is 19.8 Å². The number of carboxylic acids is 1. The van der Waals surface area contributed by atoms with Crippen LogP contribution in [0.1, 0.15) is 43.9 Å². The molecule has 1 aliphatic rings. The highest BCUT2D eigenvalue weighted by Crippen LogP contribution is 2.34. The van der Waals surface area contributed by atoms with E-state index in [-0.39, 0.29) is 23.9 Å². The smallest absolute Gasteiger partial charge is 0.331 e. The summed E-state index contributed by atoms with van der Waals surface area (Å²) in [6.45, 7) is 1.87. The lowest BCUT2D eigenvalue weighted by Gasteiger charge is -2.18. The summed E-state index contributed by atoms with van der Waals surface area (Å²) in [4.78, 5) is 29.4. The van der Waals surface area contributed by atoms with Crippen molar-refractivity contribution in [3.8, 4) is 16.3 Å². The van der Waals surface area contributed by atoms with Gasteiger partial charge in [-0.3, -0.25) is 4.79 Å². The van der Waals surface area contributed by atoms with E-state index < -0.39 is 5.97 Å². The van der Waals surface area contributed by atoms with Gasteiger partial charge in [0.05, 0.1) is 5.02 Å². The molecule has 0 aliphatic heterocycles. The van der Waals surface area contributed by atoms with Crippen LogP contribution < -0.4 is 0 Å². The number of allylic oxidation sites excluding steroid dienone is 1. The minimum Gasteiger partial charge on any atom is -0.508 e. The normalized spacial score (nSPS) is 15.5. The number of benzene rings is 1. The Balaban J connectivity index is 1.68. The first-order valence-electron chi connectivity index (χ1n) is 9.25. The zero-order valence-electron chi connectivity index (χ0n) is 15.6. The molecular weight excluding hydrogens is 398 g/mol. The molecule has 7 heteroatoms. The Bertz CT molecular complexity index is 934. The van der Waals surface area contributed by atoms with E-state index in [0.29, 0.717) is 29.9 Å². The predicted molar refractivity (Wildman–Crippen MR) is 110 cm³/mol. The average molecular weight is 420 g/mol. The van der Waals surface area contributed by atoms with Crippen LogP contribution in [0.2, 0.25) is 5.02 Å². The highest BCUT2D eigenvalue weighted by molar-refractivity contribution is 7.15. The number of rotatable bonds is 7. The highest BCUT2D eigenvalue weighted by Gasteiger charge is 2.23. The maximum absolute atomic E-state index is 12.7. The van der Waals surface area contributed by atoms with Gasteiger partial charge in [0, 0.05) is 34.5 Å². The largest absolute Gasteiger partial charge is 0.508 e. The summed E-state index contributed by atoms with van der Waals surface area (Å²) in [5.74, 6) is -0.947. The molecule has 1 aromatic carbocycles. The van der Waals surface area contributed by atoms with Crippen molar-refractivity contribution in [3.05, 3.63) is 45.4 Å². The number of ketones is 1. The second-order valence-corrected chi connectivity index (χ2v) is 8.66. The topological polar surface area (TPSA) is 87.5 Å². The molecule has 1 aromatic heterocycles. The number of thiazole rings is 1. The summed E-state index contributed by atoms with van der Waals surface area (Å²) in [6.07, 6.45) is 5.59. The van der Waals surface area contributed by atoms with E-state index in [2.05, 4.69) is 4.98 Å². The number of aliphatic carboxylic acids is 1. The Morgan fingerprint density at radius 2 is 2.04 bits per heavy atom. The quantitative estimate of drug-likeness (QED) is 0.638. The number of phenolic OH excluding ortho intramolecular Hbond substituents is 1. The molecule has 0 radical (unpaired) electrons. The molecule has 148 valence electrons. The van der Waals surface area contributed by atoms with Crippen LogP contribution >= 0.6 is 22.9 Å². The number of phenols is 1. The zero-order valence-corrected chi connectivity index (χ0v) is 17.1. The van der Waals surface area contributed by atoms with Crippen molar-refractivity contribution in [2.75, 3.05) is 0 Å². The molecule has 5 nitrogen and oxygen atoms in total. The second-order valence-electron chi connectivity index (χ2n) is 7.14. The summed E-state index contributed by atoms with van der Waals surface area (Å²) in [6, 6.07) is 4.76. The summed E-state index contributed by atoms with van der Waals surface area (Å²) in [5, 5.41) is 20.0. The summed E-state index contributed by atoms with van der Waals surface area (Å²) < 4.78 is 0. The third-order valence-electron chi connectivity index (χ3n) is 5.02. The number of halogens is 1. The van der Waals surface area contributed by atoms with Crippen molar-refractivity contribution >= 4 is 34.7 Å². The van der Waals surface area contributed by atoms with E-state index in [1.807, 2.05) is 6.92 Å². The standard InChI is InChI=1S/C21H22ClNO4S/c1-12(19(25)9-13-4-2-3-5-16(13)21(26)27)8-15-11-23-20(28-15)17-7-6-14(24)10-18(17)22/h6-7,10-12,24H,2-5,8-9H2,1H3,(H,26,27). The molecule has 0 saturated carbocycles. The first kappa shape index (κ1) is 20.6. The van der Waals surface area contributed by atoms with Gasteiger partial charge < -0.3 is 10.2 Å². The molecule has 0 spiro atoms. The third-order valence-corrected chi connectivity index (χ3v) is 6.39. The fraction of sp³-hybridized carbons (Fsp3) is 0.381. The first-order valence-corrected chi connectivity index (χ1v) is 10.4. The molecule has 1 heterocycles. The van der Waals surface area contributed by atoms with Crippen LogP contribution in [0.3, 0.4) is 0 Å². The fourth-order valence-electron chi connectivity index (χ4n) is 3.43. The molecule has 28 heavy (non-hydrogen) atoms. The van der Waals surface area contributed by atoms with E-state index in [1.54, 1.807) is 18.3 Å². The highest BCUT2D eigenvalue weighted by atomic mass is 35.5. The van der Waals surface area contributed by atoms with Crippen molar-refractivity contribution in [3.63, 3.8) is 0 Å². The van der Waals surface area contributed by atoms with Gasteiger partial charge >= 0.3 is 5.97 Å². The Kier molecular flexibility index (Phi) is 6.52. The molecular formula is C21H22ClNO4S. The maximum atomic E-state index is 12.7. The van der Waals surface area contributed by atoms with Crippen LogP contribution in [0.25, 0.3) is 10.6 Å². The van der Waals surface area contributed by atoms with Gasteiger partial charge in [-0.25, -0.2) is 9.78 Å². The molecule has 2 aromatic rings. The van der Waals surface area contributed by atoms with Crippen molar-refractivity contribution in [1.29, 1.82) is 0 Å². The lowest BCUT2D eigenvalue weighted by atomic mass is 9.86. The van der Waals surface area contributed by atoms with E-state index in [4.69, 9.17) is 11.6 Å². The monoisotopic (exact) mass is 419 g/mol. The number of aromatic hydroxyl groups is 1. The summed E-state index contributed by atoms with van der Waals surface area (Å²) in [5.41, 5.74) is 1.96. The molecule has 2 N–H and O–H groups in total. The number of carbonyl (C=O) groups is 2. The molecule has 3 rings (SSSR count). The van der Waals surface area contributed by atoms with Crippen LogP contribution in [0.5, 0.6) is 5.75 Å². The number of carbonyl (C=O) groups excluding carboxylic acids is 1. The molecule has 0 bridgehead atoms. The maximum Gasteiger partial charge on any atom is 0.331 e. The first-order chi connectivity index (χ1) is 13.3. The van der Waals surface area contributed by atoms with Gasteiger partial charge in [-0.05, 0) is 50.3 Å². The molecule has 1 unspecified atom stereocenters. The molecule has 0 amide bonds.